The third-order valence-corrected chi connectivity index (χ3v) is 7.31. The largest absolute Gasteiger partial charge is 0.493 e. The van der Waals surface area contributed by atoms with Crippen LogP contribution in [0.25, 0.3) is 0 Å². The molecule has 1 heterocycles. The number of anilines is 1. The number of hydrogen-bond acceptors (Lipinski definition) is 8. The number of amides is 1. The fourth-order valence-corrected chi connectivity index (χ4v) is 5.10. The Balaban J connectivity index is 1.58. The Morgan fingerprint density at radius 3 is 2.49 bits per heavy atom. The van der Waals surface area contributed by atoms with E-state index in [2.05, 4.69) is 10.5 Å². The second kappa shape index (κ2) is 11.2. The van der Waals surface area contributed by atoms with Gasteiger partial charge in [-0.15, -0.1) is 0 Å². The summed E-state index contributed by atoms with van der Waals surface area (Å²) in [5.74, 6) is 1.12. The highest BCUT2D eigenvalue weighted by Gasteiger charge is 2.28. The summed E-state index contributed by atoms with van der Waals surface area (Å²) in [6, 6.07) is 16.4. The summed E-state index contributed by atoms with van der Waals surface area (Å²) < 4.78 is 50.0. The highest BCUT2D eigenvalue weighted by molar-refractivity contribution is 7.92. The number of benzene rings is 3. The number of aryl methyl sites for hydroxylation is 1. The second-order valence-electron chi connectivity index (χ2n) is 8.03. The van der Waals surface area contributed by atoms with E-state index in [9.17, 15) is 13.2 Å². The predicted octanol–water partition coefficient (Wildman–Crippen LogP) is 3.13. The van der Waals surface area contributed by atoms with Crippen LogP contribution in [-0.4, -0.2) is 54.5 Å². The lowest BCUT2D eigenvalue weighted by Gasteiger charge is -2.24. The molecule has 0 bridgehead atoms. The molecule has 0 saturated heterocycles. The molecule has 1 N–H and O–H groups in total. The van der Waals surface area contributed by atoms with Gasteiger partial charge in [-0.05, 0) is 43.3 Å². The van der Waals surface area contributed by atoms with Crippen LogP contribution in [0.1, 0.15) is 11.1 Å². The van der Waals surface area contributed by atoms with Crippen LogP contribution >= 0.6 is 0 Å². The molecule has 4 rings (SSSR count). The van der Waals surface area contributed by atoms with Crippen LogP contribution in [-0.2, 0) is 14.8 Å². The lowest BCUT2D eigenvalue weighted by molar-refractivity contribution is -0.119. The van der Waals surface area contributed by atoms with E-state index in [4.69, 9.17) is 18.9 Å². The SMILES string of the molecule is COc1ccc(S(=O)(=O)N(CC(=O)N/N=C\c2cccc3c2OCCO3)c2ccc(C)cc2)cc1OC. The highest BCUT2D eigenvalue weighted by atomic mass is 32.2. The Morgan fingerprint density at radius 1 is 1.03 bits per heavy atom. The molecule has 11 heteroatoms. The van der Waals surface area contributed by atoms with Crippen molar-refractivity contribution in [1.82, 2.24) is 5.43 Å². The van der Waals surface area contributed by atoms with Crippen molar-refractivity contribution in [3.63, 3.8) is 0 Å². The van der Waals surface area contributed by atoms with Crippen LogP contribution < -0.4 is 28.7 Å². The van der Waals surface area contributed by atoms with Gasteiger partial charge in [-0.2, -0.15) is 5.10 Å². The molecule has 1 aliphatic heterocycles. The molecular weight excluding hydrogens is 498 g/mol. The van der Waals surface area contributed by atoms with E-state index in [1.807, 2.05) is 6.92 Å². The number of methoxy groups -OCH3 is 2. The lowest BCUT2D eigenvalue weighted by atomic mass is 10.2. The molecule has 0 aromatic heterocycles. The van der Waals surface area contributed by atoms with E-state index in [1.165, 1.54) is 38.6 Å². The number of rotatable bonds is 9. The van der Waals surface area contributed by atoms with Crippen molar-refractivity contribution < 1.29 is 32.2 Å². The minimum Gasteiger partial charge on any atom is -0.493 e. The molecular formula is C26H27N3O7S. The summed E-state index contributed by atoms with van der Waals surface area (Å²) in [7, 11) is -1.29. The minimum atomic E-state index is -4.16. The maximum atomic E-state index is 13.7. The molecule has 1 amide bonds. The van der Waals surface area contributed by atoms with Gasteiger partial charge in [-0.25, -0.2) is 13.8 Å². The van der Waals surface area contributed by atoms with E-state index in [0.717, 1.165) is 9.87 Å². The number of carbonyl (C=O) groups is 1. The molecule has 194 valence electrons. The number of hydrazone groups is 1. The summed E-state index contributed by atoms with van der Waals surface area (Å²) in [6.07, 6.45) is 1.42. The molecule has 1 aliphatic rings. The number of fused-ring (bicyclic) bond motifs is 1. The third kappa shape index (κ3) is 5.78. The van der Waals surface area contributed by atoms with Gasteiger partial charge in [0.25, 0.3) is 15.9 Å². The van der Waals surface area contributed by atoms with Crippen LogP contribution in [0.15, 0.2) is 70.7 Å². The van der Waals surface area contributed by atoms with Gasteiger partial charge >= 0.3 is 0 Å². The zero-order chi connectivity index (χ0) is 26.4. The van der Waals surface area contributed by atoms with Crippen molar-refractivity contribution in [3.05, 3.63) is 71.8 Å². The number of carbonyl (C=O) groups excluding carboxylic acids is 1. The molecule has 0 aliphatic carbocycles. The summed E-state index contributed by atoms with van der Waals surface area (Å²) in [4.78, 5) is 12.8. The van der Waals surface area contributed by atoms with E-state index < -0.39 is 22.5 Å². The van der Waals surface area contributed by atoms with Crippen molar-refractivity contribution in [2.75, 3.05) is 38.3 Å². The van der Waals surface area contributed by atoms with Crippen LogP contribution in [0.2, 0.25) is 0 Å². The number of para-hydroxylation sites is 1. The van der Waals surface area contributed by atoms with Gasteiger partial charge in [0.15, 0.2) is 23.0 Å². The second-order valence-corrected chi connectivity index (χ2v) is 9.89. The van der Waals surface area contributed by atoms with Gasteiger partial charge in [0.2, 0.25) is 0 Å². The Hall–Kier alpha value is -4.25. The maximum absolute atomic E-state index is 13.7. The fraction of sp³-hybridized carbons (Fsp3) is 0.231. The van der Waals surface area contributed by atoms with Crippen LogP contribution in [0, 0.1) is 6.92 Å². The first-order valence-corrected chi connectivity index (χ1v) is 12.8. The van der Waals surface area contributed by atoms with Crippen molar-refractivity contribution >= 4 is 27.8 Å². The molecule has 37 heavy (non-hydrogen) atoms. The van der Waals surface area contributed by atoms with Crippen LogP contribution in [0.5, 0.6) is 23.0 Å². The average molecular weight is 526 g/mol. The maximum Gasteiger partial charge on any atom is 0.264 e. The molecule has 0 radical (unpaired) electrons. The molecule has 3 aromatic rings. The monoisotopic (exact) mass is 525 g/mol. The average Bonchev–Trinajstić information content (AvgIpc) is 2.92. The quantitative estimate of drug-likeness (QED) is 0.337. The van der Waals surface area contributed by atoms with Crippen molar-refractivity contribution in [2.24, 2.45) is 5.10 Å². The van der Waals surface area contributed by atoms with Gasteiger partial charge < -0.3 is 18.9 Å². The Kier molecular flexibility index (Phi) is 7.83. The zero-order valence-corrected chi connectivity index (χ0v) is 21.4. The number of nitrogens with one attached hydrogen (secondary N) is 1. The van der Waals surface area contributed by atoms with E-state index in [-0.39, 0.29) is 10.6 Å². The molecule has 0 spiro atoms. The number of sulfonamides is 1. The Labute approximate surface area is 215 Å². The molecule has 0 fully saturated rings. The summed E-state index contributed by atoms with van der Waals surface area (Å²) in [5, 5.41) is 4.00. The molecule has 0 saturated carbocycles. The highest BCUT2D eigenvalue weighted by Crippen LogP contribution is 2.33. The van der Waals surface area contributed by atoms with Crippen LogP contribution in [0.4, 0.5) is 5.69 Å². The van der Waals surface area contributed by atoms with Crippen molar-refractivity contribution in [1.29, 1.82) is 0 Å². The molecule has 10 nitrogen and oxygen atoms in total. The third-order valence-electron chi connectivity index (χ3n) is 5.54. The fourth-order valence-electron chi connectivity index (χ4n) is 3.67. The predicted molar refractivity (Wildman–Crippen MR) is 138 cm³/mol. The zero-order valence-electron chi connectivity index (χ0n) is 20.6. The lowest BCUT2D eigenvalue weighted by Crippen LogP contribution is -2.39. The number of ether oxygens (including phenoxy) is 4. The molecule has 3 aromatic carbocycles. The van der Waals surface area contributed by atoms with Gasteiger partial charge in [-0.3, -0.25) is 9.10 Å². The number of hydrogen-bond donors (Lipinski definition) is 1. The van der Waals surface area contributed by atoms with Gasteiger partial charge in [0.05, 0.1) is 31.0 Å². The van der Waals surface area contributed by atoms with Gasteiger partial charge in [-0.1, -0.05) is 23.8 Å². The van der Waals surface area contributed by atoms with Gasteiger partial charge in [0.1, 0.15) is 19.8 Å². The summed E-state index contributed by atoms with van der Waals surface area (Å²) in [5.41, 5.74) is 4.28. The van der Waals surface area contributed by atoms with Crippen molar-refractivity contribution in [2.45, 2.75) is 11.8 Å². The van der Waals surface area contributed by atoms with E-state index in [0.29, 0.717) is 41.7 Å². The molecule has 0 atom stereocenters. The van der Waals surface area contributed by atoms with Crippen molar-refractivity contribution in [3.8, 4) is 23.0 Å². The smallest absolute Gasteiger partial charge is 0.264 e. The standard InChI is InChI=1S/C26H27N3O7S/c1-18-7-9-20(10-8-18)29(37(31,32)21-11-12-22(33-2)24(15-21)34-3)17-25(30)28-27-16-19-5-4-6-23-26(19)36-14-13-35-23/h4-12,15-16H,13-14,17H2,1-3H3,(H,28,30)/b27-16-. The Morgan fingerprint density at radius 2 is 1.76 bits per heavy atom. The van der Waals surface area contributed by atoms with Gasteiger partial charge in [0, 0.05) is 11.6 Å². The van der Waals surface area contributed by atoms with E-state index >= 15 is 0 Å². The first-order valence-electron chi connectivity index (χ1n) is 11.4. The number of nitrogens with zero attached hydrogens (tertiary/aromatic N) is 2. The van der Waals surface area contributed by atoms with E-state index in [1.54, 1.807) is 42.5 Å². The first-order chi connectivity index (χ1) is 17.8. The topological polar surface area (TPSA) is 116 Å². The first kappa shape index (κ1) is 25.8. The summed E-state index contributed by atoms with van der Waals surface area (Å²) in [6.45, 7) is 2.23. The minimum absolute atomic E-state index is 0.0601. The molecule has 0 unspecified atom stereocenters. The Bertz CT molecular complexity index is 1410. The normalized spacial score (nSPS) is 12.7. The van der Waals surface area contributed by atoms with Crippen LogP contribution in [0.3, 0.4) is 0 Å². The summed E-state index contributed by atoms with van der Waals surface area (Å²) >= 11 is 0.